The molecule has 1 atom stereocenters. The number of rotatable bonds is 4. The van der Waals surface area contributed by atoms with Crippen molar-refractivity contribution >= 4 is 5.91 Å². The fraction of sp³-hybridized carbons (Fsp3) is 0.286. The minimum absolute atomic E-state index is 0.0284. The molecule has 1 heterocycles. The molecular weight excluding hydrogens is 226 g/mol. The van der Waals surface area contributed by atoms with Gasteiger partial charge >= 0.3 is 0 Å². The van der Waals surface area contributed by atoms with Crippen LogP contribution in [0.1, 0.15) is 24.1 Å². The van der Waals surface area contributed by atoms with Crippen LogP contribution in [-0.2, 0) is 11.3 Å². The number of nitrogens with zero attached hydrogens (tertiary/aromatic N) is 2. The van der Waals surface area contributed by atoms with E-state index in [0.717, 1.165) is 5.56 Å². The van der Waals surface area contributed by atoms with Gasteiger partial charge in [0.15, 0.2) is 0 Å². The van der Waals surface area contributed by atoms with E-state index in [1.165, 1.54) is 5.56 Å². The summed E-state index contributed by atoms with van der Waals surface area (Å²) in [6.07, 6.45) is 3.46. The first kappa shape index (κ1) is 12.4. The third-order valence-electron chi connectivity index (χ3n) is 2.89. The van der Waals surface area contributed by atoms with Crippen molar-refractivity contribution in [2.24, 2.45) is 0 Å². The smallest absolute Gasteiger partial charge is 0.244 e. The van der Waals surface area contributed by atoms with Crippen LogP contribution in [0, 0.1) is 6.92 Å². The molecule has 1 aromatic heterocycles. The van der Waals surface area contributed by atoms with Crippen LogP contribution in [0.2, 0.25) is 0 Å². The Morgan fingerprint density at radius 2 is 2.11 bits per heavy atom. The maximum atomic E-state index is 11.9. The maximum Gasteiger partial charge on any atom is 0.244 e. The molecule has 0 saturated heterocycles. The predicted octanol–water partition coefficient (Wildman–Crippen LogP) is 2.07. The average molecular weight is 243 g/mol. The van der Waals surface area contributed by atoms with Crippen molar-refractivity contribution < 1.29 is 4.79 Å². The van der Waals surface area contributed by atoms with Crippen LogP contribution < -0.4 is 5.32 Å². The molecule has 18 heavy (non-hydrogen) atoms. The highest BCUT2D eigenvalue weighted by atomic mass is 16.2. The van der Waals surface area contributed by atoms with Crippen molar-refractivity contribution in [3.8, 4) is 0 Å². The molecule has 0 radical (unpaired) electrons. The van der Waals surface area contributed by atoms with Crippen molar-refractivity contribution in [1.29, 1.82) is 0 Å². The summed E-state index contributed by atoms with van der Waals surface area (Å²) >= 11 is 0. The first-order valence-corrected chi connectivity index (χ1v) is 5.99. The van der Waals surface area contributed by atoms with Gasteiger partial charge in [0.2, 0.25) is 5.91 Å². The number of carbonyl (C=O) groups is 1. The normalized spacial score (nSPS) is 12.1. The Kier molecular flexibility index (Phi) is 3.77. The van der Waals surface area contributed by atoms with E-state index < -0.39 is 0 Å². The van der Waals surface area contributed by atoms with E-state index in [1.807, 2.05) is 44.2 Å². The number of aryl methyl sites for hydroxylation is 1. The number of benzene rings is 1. The van der Waals surface area contributed by atoms with E-state index in [1.54, 1.807) is 17.1 Å². The van der Waals surface area contributed by atoms with Crippen LogP contribution in [-0.4, -0.2) is 15.7 Å². The lowest BCUT2D eigenvalue weighted by atomic mass is 10.1. The second kappa shape index (κ2) is 5.49. The Bertz CT molecular complexity index is 502. The van der Waals surface area contributed by atoms with Crippen LogP contribution in [0.5, 0.6) is 0 Å². The number of hydrogen-bond donors (Lipinski definition) is 1. The maximum absolute atomic E-state index is 11.9. The molecule has 0 fully saturated rings. The molecule has 1 N–H and O–H groups in total. The van der Waals surface area contributed by atoms with Crippen molar-refractivity contribution in [2.45, 2.75) is 26.4 Å². The third-order valence-corrected chi connectivity index (χ3v) is 2.89. The van der Waals surface area contributed by atoms with Gasteiger partial charge in [-0.3, -0.25) is 9.48 Å². The number of amides is 1. The second-order valence-corrected chi connectivity index (χ2v) is 4.37. The fourth-order valence-electron chi connectivity index (χ4n) is 1.67. The molecule has 1 unspecified atom stereocenters. The van der Waals surface area contributed by atoms with Gasteiger partial charge in [0.05, 0.1) is 0 Å². The molecule has 0 bridgehead atoms. The minimum Gasteiger partial charge on any atom is -0.350 e. The van der Waals surface area contributed by atoms with Crippen LogP contribution in [0.25, 0.3) is 0 Å². The highest BCUT2D eigenvalue weighted by Gasteiger charge is 2.13. The number of nitrogens with one attached hydrogen (secondary N) is 1. The molecule has 1 amide bonds. The monoisotopic (exact) mass is 243 g/mol. The predicted molar refractivity (Wildman–Crippen MR) is 70.0 cm³/mol. The zero-order chi connectivity index (χ0) is 13.0. The van der Waals surface area contributed by atoms with Gasteiger partial charge in [0, 0.05) is 18.9 Å². The summed E-state index contributed by atoms with van der Waals surface area (Å²) in [5.41, 5.74) is 2.32. The van der Waals surface area contributed by atoms with E-state index in [4.69, 9.17) is 0 Å². The Labute approximate surface area is 107 Å². The molecule has 2 aromatic rings. The summed E-state index contributed by atoms with van der Waals surface area (Å²) in [5.74, 6) is -0.0284. The van der Waals surface area contributed by atoms with Crippen LogP contribution >= 0.6 is 0 Å². The van der Waals surface area contributed by atoms with Crippen LogP contribution in [0.4, 0.5) is 0 Å². The van der Waals surface area contributed by atoms with Gasteiger partial charge in [-0.05, 0) is 25.5 Å². The standard InChI is InChI=1S/C14H17N3O/c1-11-4-6-13(7-5-11)10-15-14(18)12(2)17-9-3-8-16-17/h3-9,12H,10H2,1-2H3,(H,15,18). The average Bonchev–Trinajstić information content (AvgIpc) is 2.90. The Morgan fingerprint density at radius 1 is 1.39 bits per heavy atom. The highest BCUT2D eigenvalue weighted by Crippen LogP contribution is 2.05. The summed E-state index contributed by atoms with van der Waals surface area (Å²) in [6, 6.07) is 9.65. The highest BCUT2D eigenvalue weighted by molar-refractivity contribution is 5.79. The summed E-state index contributed by atoms with van der Waals surface area (Å²) in [5, 5.41) is 6.97. The molecule has 0 saturated carbocycles. The van der Waals surface area contributed by atoms with E-state index in [-0.39, 0.29) is 11.9 Å². The first-order valence-electron chi connectivity index (χ1n) is 5.99. The zero-order valence-corrected chi connectivity index (χ0v) is 10.6. The van der Waals surface area contributed by atoms with Crippen molar-refractivity contribution in [2.75, 3.05) is 0 Å². The van der Waals surface area contributed by atoms with Crippen molar-refractivity contribution in [1.82, 2.24) is 15.1 Å². The number of hydrogen-bond acceptors (Lipinski definition) is 2. The Hall–Kier alpha value is -2.10. The molecule has 0 aliphatic rings. The quantitative estimate of drug-likeness (QED) is 0.893. The lowest BCUT2D eigenvalue weighted by Gasteiger charge is -2.12. The van der Waals surface area contributed by atoms with Crippen molar-refractivity contribution in [3.05, 3.63) is 53.9 Å². The number of carbonyl (C=O) groups excluding carboxylic acids is 1. The molecule has 2 rings (SSSR count). The van der Waals surface area contributed by atoms with Gasteiger partial charge in [-0.1, -0.05) is 29.8 Å². The summed E-state index contributed by atoms with van der Waals surface area (Å²) in [6.45, 7) is 4.42. The SMILES string of the molecule is Cc1ccc(CNC(=O)C(C)n2cccn2)cc1. The molecule has 4 heteroatoms. The summed E-state index contributed by atoms with van der Waals surface area (Å²) in [4.78, 5) is 11.9. The Morgan fingerprint density at radius 3 is 2.72 bits per heavy atom. The Balaban J connectivity index is 1.90. The van der Waals surface area contributed by atoms with Gasteiger partial charge < -0.3 is 5.32 Å². The van der Waals surface area contributed by atoms with Crippen molar-refractivity contribution in [3.63, 3.8) is 0 Å². The number of aromatic nitrogens is 2. The van der Waals surface area contributed by atoms with E-state index in [9.17, 15) is 4.79 Å². The molecule has 0 aliphatic heterocycles. The summed E-state index contributed by atoms with van der Waals surface area (Å²) in [7, 11) is 0. The minimum atomic E-state index is -0.287. The van der Waals surface area contributed by atoms with E-state index >= 15 is 0 Å². The first-order chi connectivity index (χ1) is 8.66. The van der Waals surface area contributed by atoms with Gasteiger partial charge in [-0.15, -0.1) is 0 Å². The second-order valence-electron chi connectivity index (χ2n) is 4.37. The molecule has 94 valence electrons. The van der Waals surface area contributed by atoms with Crippen LogP contribution in [0.15, 0.2) is 42.7 Å². The largest absolute Gasteiger partial charge is 0.350 e. The van der Waals surface area contributed by atoms with E-state index in [2.05, 4.69) is 10.4 Å². The molecule has 0 spiro atoms. The van der Waals surface area contributed by atoms with Gasteiger partial charge in [-0.2, -0.15) is 5.10 Å². The van der Waals surface area contributed by atoms with Gasteiger partial charge in [0.25, 0.3) is 0 Å². The van der Waals surface area contributed by atoms with Gasteiger partial charge in [-0.25, -0.2) is 0 Å². The topological polar surface area (TPSA) is 46.9 Å². The van der Waals surface area contributed by atoms with Gasteiger partial charge in [0.1, 0.15) is 6.04 Å². The van der Waals surface area contributed by atoms with Crippen LogP contribution in [0.3, 0.4) is 0 Å². The molecular formula is C14H17N3O. The fourth-order valence-corrected chi connectivity index (χ4v) is 1.67. The zero-order valence-electron chi connectivity index (χ0n) is 10.6. The molecule has 1 aromatic carbocycles. The molecule has 4 nitrogen and oxygen atoms in total. The lowest BCUT2D eigenvalue weighted by Crippen LogP contribution is -2.30. The molecule has 0 aliphatic carbocycles. The summed E-state index contributed by atoms with van der Waals surface area (Å²) < 4.78 is 1.64. The lowest BCUT2D eigenvalue weighted by molar-refractivity contribution is -0.124. The van der Waals surface area contributed by atoms with E-state index in [0.29, 0.717) is 6.54 Å². The third kappa shape index (κ3) is 2.97.